The van der Waals surface area contributed by atoms with Crippen LogP contribution in [-0.4, -0.2) is 23.2 Å². The normalized spacial score (nSPS) is 12.0. The highest BCUT2D eigenvalue weighted by Gasteiger charge is 2.25. The summed E-state index contributed by atoms with van der Waals surface area (Å²) in [6, 6.07) is 0.200. The largest absolute Gasteiger partial charge is 0.492 e. The van der Waals surface area contributed by atoms with Crippen LogP contribution in [0.15, 0.2) is 0 Å². The molecule has 0 spiro atoms. The highest BCUT2D eigenvalue weighted by molar-refractivity contribution is 6.56. The summed E-state index contributed by atoms with van der Waals surface area (Å²) >= 11 is 0. The van der Waals surface area contributed by atoms with Crippen molar-refractivity contribution in [2.75, 3.05) is 0 Å². The summed E-state index contributed by atoms with van der Waals surface area (Å²) in [4.78, 5) is 26.6. The molecule has 134 valence electrons. The first-order valence-electron chi connectivity index (χ1n) is 9.73. The van der Waals surface area contributed by atoms with Crippen molar-refractivity contribution in [1.29, 1.82) is 0 Å². The number of unbranched alkanes of at least 4 members (excludes halogenated alkanes) is 15. The van der Waals surface area contributed by atoms with Crippen LogP contribution >= 0.6 is 0 Å². The third-order valence-electron chi connectivity index (χ3n) is 4.37. The first kappa shape index (κ1) is 22.1. The van der Waals surface area contributed by atoms with E-state index in [0.29, 0.717) is 0 Å². The fraction of sp³-hybridized carbons (Fsp3) is 1.00. The van der Waals surface area contributed by atoms with Gasteiger partial charge in [0.1, 0.15) is 0 Å². The van der Waals surface area contributed by atoms with Crippen LogP contribution in [0.3, 0.4) is 0 Å². The zero-order chi connectivity index (χ0) is 16.5. The monoisotopic (exact) mass is 332 g/mol. The molecule has 22 heavy (non-hydrogen) atoms. The van der Waals surface area contributed by atoms with E-state index in [0.717, 1.165) is 19.3 Å². The highest BCUT2D eigenvalue weighted by Crippen LogP contribution is 2.14. The Morgan fingerprint density at radius 3 is 1.00 bits per heavy atom. The Kier molecular flexibility index (Phi) is 16.0. The second-order valence-corrected chi connectivity index (χ2v) is 8.88. The standard InChI is InChI=1S/C18H40O3Si/c1-2-3-4-5-6-7-8-9-10-11-12-13-14-15-16-17-18-22(19,20)21/h19-21H,2-18H2,1H3. The predicted molar refractivity (Wildman–Crippen MR) is 96.8 cm³/mol. The lowest BCUT2D eigenvalue weighted by atomic mass is 10.0. The van der Waals surface area contributed by atoms with Crippen molar-refractivity contribution in [2.45, 2.75) is 116 Å². The molecule has 0 saturated heterocycles. The number of hydrogen-bond donors (Lipinski definition) is 3. The van der Waals surface area contributed by atoms with Crippen molar-refractivity contribution in [3.05, 3.63) is 0 Å². The van der Waals surface area contributed by atoms with E-state index in [9.17, 15) is 0 Å². The zero-order valence-corrected chi connectivity index (χ0v) is 15.9. The van der Waals surface area contributed by atoms with E-state index in [2.05, 4.69) is 6.92 Å². The van der Waals surface area contributed by atoms with Crippen LogP contribution in [0.2, 0.25) is 6.04 Å². The third-order valence-corrected chi connectivity index (χ3v) is 5.39. The van der Waals surface area contributed by atoms with Crippen molar-refractivity contribution in [1.82, 2.24) is 0 Å². The van der Waals surface area contributed by atoms with Gasteiger partial charge in [-0.25, -0.2) is 0 Å². The van der Waals surface area contributed by atoms with E-state index >= 15 is 0 Å². The summed E-state index contributed by atoms with van der Waals surface area (Å²) in [5.74, 6) is 0. The van der Waals surface area contributed by atoms with E-state index in [4.69, 9.17) is 14.4 Å². The lowest BCUT2D eigenvalue weighted by molar-refractivity contribution is 0.226. The second-order valence-electron chi connectivity index (χ2n) is 6.83. The molecule has 0 saturated carbocycles. The predicted octanol–water partition coefficient (Wildman–Crippen LogP) is 5.16. The summed E-state index contributed by atoms with van der Waals surface area (Å²) in [7, 11) is -3.76. The molecule has 3 nitrogen and oxygen atoms in total. The van der Waals surface area contributed by atoms with Gasteiger partial charge < -0.3 is 14.4 Å². The van der Waals surface area contributed by atoms with Crippen LogP contribution in [0.4, 0.5) is 0 Å². The number of rotatable bonds is 17. The summed E-state index contributed by atoms with van der Waals surface area (Å²) < 4.78 is 0. The topological polar surface area (TPSA) is 60.7 Å². The zero-order valence-electron chi connectivity index (χ0n) is 14.9. The molecule has 0 amide bonds. The summed E-state index contributed by atoms with van der Waals surface area (Å²) in [5, 5.41) is 0. The Bertz CT molecular complexity index is 217. The van der Waals surface area contributed by atoms with Crippen LogP contribution in [0.5, 0.6) is 0 Å². The van der Waals surface area contributed by atoms with Gasteiger partial charge in [-0.1, -0.05) is 103 Å². The van der Waals surface area contributed by atoms with E-state index in [1.807, 2.05) is 0 Å². The maximum atomic E-state index is 8.88. The molecule has 0 aliphatic rings. The quantitative estimate of drug-likeness (QED) is 0.254. The second kappa shape index (κ2) is 16.0. The molecule has 0 aliphatic carbocycles. The van der Waals surface area contributed by atoms with Crippen LogP contribution in [0.1, 0.15) is 110 Å². The first-order valence-corrected chi connectivity index (χ1v) is 11.8. The van der Waals surface area contributed by atoms with Gasteiger partial charge in [-0.3, -0.25) is 0 Å². The van der Waals surface area contributed by atoms with E-state index in [-0.39, 0.29) is 6.04 Å². The van der Waals surface area contributed by atoms with E-state index < -0.39 is 8.80 Å². The molecule has 0 aromatic rings. The molecule has 0 radical (unpaired) electrons. The Morgan fingerprint density at radius 1 is 0.455 bits per heavy atom. The molecular formula is C18H40O3Si. The van der Waals surface area contributed by atoms with Crippen molar-refractivity contribution in [3.63, 3.8) is 0 Å². The first-order chi connectivity index (χ1) is 10.6. The molecular weight excluding hydrogens is 292 g/mol. The summed E-state index contributed by atoms with van der Waals surface area (Å²) in [6.07, 6.45) is 20.8. The summed E-state index contributed by atoms with van der Waals surface area (Å²) in [6.45, 7) is 2.27. The maximum absolute atomic E-state index is 8.88. The van der Waals surface area contributed by atoms with Gasteiger partial charge in [0, 0.05) is 6.04 Å². The van der Waals surface area contributed by atoms with Gasteiger partial charge in [-0.15, -0.1) is 0 Å². The third kappa shape index (κ3) is 20.1. The van der Waals surface area contributed by atoms with Gasteiger partial charge in [0.15, 0.2) is 0 Å². The van der Waals surface area contributed by atoms with Crippen LogP contribution < -0.4 is 0 Å². The Balaban J connectivity index is 3.00. The Morgan fingerprint density at radius 2 is 0.727 bits per heavy atom. The fourth-order valence-corrected chi connectivity index (χ4v) is 3.63. The van der Waals surface area contributed by atoms with E-state index in [1.54, 1.807) is 0 Å². The average Bonchev–Trinajstić information content (AvgIpc) is 2.45. The van der Waals surface area contributed by atoms with Crippen LogP contribution in [0, 0.1) is 0 Å². The molecule has 0 bridgehead atoms. The van der Waals surface area contributed by atoms with Crippen molar-refractivity contribution in [3.8, 4) is 0 Å². The molecule has 0 rings (SSSR count). The van der Waals surface area contributed by atoms with Gasteiger partial charge in [0.25, 0.3) is 0 Å². The molecule has 0 fully saturated rings. The van der Waals surface area contributed by atoms with Crippen molar-refractivity contribution < 1.29 is 14.4 Å². The Hall–Kier alpha value is 0.0969. The SMILES string of the molecule is CCCCCCCCCCCCCCCCCC[Si](O)(O)O. The van der Waals surface area contributed by atoms with Gasteiger partial charge in [-0.05, 0) is 6.42 Å². The maximum Gasteiger partial charge on any atom is 0.492 e. The lowest BCUT2D eigenvalue weighted by Crippen LogP contribution is -2.33. The smallest absolute Gasteiger partial charge is 0.390 e. The van der Waals surface area contributed by atoms with Crippen molar-refractivity contribution >= 4 is 8.80 Å². The number of hydrogen-bond acceptors (Lipinski definition) is 3. The molecule has 4 heteroatoms. The highest BCUT2D eigenvalue weighted by atomic mass is 28.4. The fourth-order valence-electron chi connectivity index (χ4n) is 2.91. The molecule has 0 aromatic heterocycles. The molecule has 0 aliphatic heterocycles. The lowest BCUT2D eigenvalue weighted by Gasteiger charge is -2.08. The van der Waals surface area contributed by atoms with Gasteiger partial charge >= 0.3 is 8.80 Å². The van der Waals surface area contributed by atoms with Gasteiger partial charge in [0.05, 0.1) is 0 Å². The van der Waals surface area contributed by atoms with Crippen LogP contribution in [-0.2, 0) is 0 Å². The van der Waals surface area contributed by atoms with Crippen molar-refractivity contribution in [2.24, 2.45) is 0 Å². The van der Waals surface area contributed by atoms with Gasteiger partial charge in [-0.2, -0.15) is 0 Å². The molecule has 3 N–H and O–H groups in total. The van der Waals surface area contributed by atoms with Crippen LogP contribution in [0.25, 0.3) is 0 Å². The molecule has 0 heterocycles. The minimum absolute atomic E-state index is 0.200. The van der Waals surface area contributed by atoms with Gasteiger partial charge in [0.2, 0.25) is 0 Å². The molecule has 0 unspecified atom stereocenters. The average molecular weight is 333 g/mol. The molecule has 0 atom stereocenters. The van der Waals surface area contributed by atoms with E-state index in [1.165, 1.54) is 83.5 Å². The summed E-state index contributed by atoms with van der Waals surface area (Å²) in [5.41, 5.74) is 0. The minimum Gasteiger partial charge on any atom is -0.390 e. The molecule has 0 aromatic carbocycles. The Labute approximate surface area is 139 Å². The minimum atomic E-state index is -3.76.